The molecule has 0 nitrogen and oxygen atoms in total. The Hall–Kier alpha value is 0.259. The van der Waals surface area contributed by atoms with E-state index in [0.717, 1.165) is 0 Å². The SMILES string of the molecule is CC[Se]c1[c]ccc([Se]CC)c1. The van der Waals surface area contributed by atoms with Crippen molar-refractivity contribution < 1.29 is 0 Å². The van der Waals surface area contributed by atoms with Gasteiger partial charge in [-0.2, -0.15) is 0 Å². The summed E-state index contributed by atoms with van der Waals surface area (Å²) in [7, 11) is 0. The van der Waals surface area contributed by atoms with Crippen LogP contribution in [0.1, 0.15) is 13.8 Å². The molecule has 1 radical (unpaired) electrons. The van der Waals surface area contributed by atoms with E-state index >= 15 is 0 Å². The van der Waals surface area contributed by atoms with E-state index in [1.807, 2.05) is 0 Å². The first-order valence-corrected chi connectivity index (χ1v) is 8.27. The molecule has 0 amide bonds. The maximum absolute atomic E-state index is 3.31. The molecule has 0 bridgehead atoms. The molecule has 1 rings (SSSR count). The summed E-state index contributed by atoms with van der Waals surface area (Å²) in [6.07, 6.45) is 0. The molecule has 0 aliphatic carbocycles. The van der Waals surface area contributed by atoms with Crippen molar-refractivity contribution in [3.63, 3.8) is 0 Å². The van der Waals surface area contributed by atoms with Crippen molar-refractivity contribution in [1.82, 2.24) is 0 Å². The van der Waals surface area contributed by atoms with Gasteiger partial charge in [0.05, 0.1) is 0 Å². The van der Waals surface area contributed by atoms with E-state index in [0.29, 0.717) is 29.9 Å². The van der Waals surface area contributed by atoms with Crippen LogP contribution in [0.3, 0.4) is 0 Å². The molecule has 1 aromatic rings. The molecule has 0 aliphatic heterocycles. The van der Waals surface area contributed by atoms with Crippen molar-refractivity contribution in [2.45, 2.75) is 24.5 Å². The second-order valence-electron chi connectivity index (χ2n) is 2.25. The summed E-state index contributed by atoms with van der Waals surface area (Å²) in [5, 5.41) is 2.58. The van der Waals surface area contributed by atoms with Gasteiger partial charge in [-0.25, -0.2) is 0 Å². The predicted octanol–water partition coefficient (Wildman–Crippen LogP) is 1.02. The average molecular weight is 291 g/mol. The van der Waals surface area contributed by atoms with E-state index in [9.17, 15) is 0 Å². The summed E-state index contributed by atoms with van der Waals surface area (Å²) in [6, 6.07) is 9.94. The molecule has 1 aromatic carbocycles. The van der Waals surface area contributed by atoms with E-state index in [2.05, 4.69) is 38.1 Å². The summed E-state index contributed by atoms with van der Waals surface area (Å²) < 4.78 is 2.98. The summed E-state index contributed by atoms with van der Waals surface area (Å²) >= 11 is 1.34. The zero-order chi connectivity index (χ0) is 8.81. The fraction of sp³-hybridized carbons (Fsp3) is 0.400. The van der Waals surface area contributed by atoms with E-state index in [-0.39, 0.29) is 0 Å². The Morgan fingerprint density at radius 3 is 2.67 bits per heavy atom. The van der Waals surface area contributed by atoms with Crippen LogP contribution in [-0.2, 0) is 0 Å². The summed E-state index contributed by atoms with van der Waals surface area (Å²) in [6.45, 7) is 4.49. The van der Waals surface area contributed by atoms with Crippen molar-refractivity contribution >= 4 is 38.8 Å². The third-order valence-corrected chi connectivity index (χ3v) is 4.95. The van der Waals surface area contributed by atoms with E-state index < -0.39 is 0 Å². The van der Waals surface area contributed by atoms with Gasteiger partial charge in [0.2, 0.25) is 0 Å². The van der Waals surface area contributed by atoms with Crippen molar-refractivity contribution in [2.24, 2.45) is 0 Å². The van der Waals surface area contributed by atoms with Gasteiger partial charge < -0.3 is 0 Å². The molecule has 0 spiro atoms. The van der Waals surface area contributed by atoms with Crippen molar-refractivity contribution in [1.29, 1.82) is 0 Å². The van der Waals surface area contributed by atoms with Gasteiger partial charge in [-0.1, -0.05) is 0 Å². The molecule has 0 heterocycles. The van der Waals surface area contributed by atoms with Gasteiger partial charge in [0.15, 0.2) is 0 Å². The van der Waals surface area contributed by atoms with E-state index in [1.165, 1.54) is 19.6 Å². The molecule has 2 heteroatoms. The van der Waals surface area contributed by atoms with Gasteiger partial charge >= 0.3 is 87.6 Å². The number of benzene rings is 1. The predicted molar refractivity (Wildman–Crippen MR) is 57.0 cm³/mol. The van der Waals surface area contributed by atoms with Crippen LogP contribution in [-0.4, -0.2) is 29.9 Å². The molecule has 65 valence electrons. The van der Waals surface area contributed by atoms with Crippen LogP contribution in [0, 0.1) is 6.07 Å². The van der Waals surface area contributed by atoms with E-state index in [1.54, 1.807) is 0 Å². The molecule has 12 heavy (non-hydrogen) atoms. The first-order valence-electron chi connectivity index (χ1n) is 4.14. The quantitative estimate of drug-likeness (QED) is 0.727. The number of hydrogen-bond acceptors (Lipinski definition) is 0. The van der Waals surface area contributed by atoms with Crippen LogP contribution < -0.4 is 8.92 Å². The van der Waals surface area contributed by atoms with Crippen molar-refractivity contribution in [2.75, 3.05) is 0 Å². The monoisotopic (exact) mass is 293 g/mol. The molecule has 0 fully saturated rings. The summed E-state index contributed by atoms with van der Waals surface area (Å²) in [4.78, 5) is 0. The Morgan fingerprint density at radius 2 is 2.00 bits per heavy atom. The Kier molecular flexibility index (Phi) is 5.02. The summed E-state index contributed by atoms with van der Waals surface area (Å²) in [5.41, 5.74) is 0. The van der Waals surface area contributed by atoms with Crippen LogP contribution in [0.5, 0.6) is 0 Å². The molecule has 0 N–H and O–H groups in total. The molecule has 0 aromatic heterocycles. The molecular weight excluding hydrogens is 278 g/mol. The third-order valence-electron chi connectivity index (χ3n) is 1.36. The minimum absolute atomic E-state index is 0.653. The van der Waals surface area contributed by atoms with Gasteiger partial charge in [0.1, 0.15) is 0 Å². The maximum atomic E-state index is 3.31. The standard InChI is InChI=1S/C10H13Se2/c1-3-11-9-6-5-7-10(8-9)12-4-2/h5-6,8H,3-4H2,1-2H3. The van der Waals surface area contributed by atoms with Crippen molar-refractivity contribution in [3.05, 3.63) is 24.3 Å². The minimum atomic E-state index is 0.653. The average Bonchev–Trinajstić information content (AvgIpc) is 2.06. The zero-order valence-corrected chi connectivity index (χ0v) is 10.9. The number of hydrogen-bond donors (Lipinski definition) is 0. The van der Waals surface area contributed by atoms with Crippen molar-refractivity contribution in [3.8, 4) is 0 Å². The van der Waals surface area contributed by atoms with Crippen LogP contribution in [0.15, 0.2) is 18.2 Å². The zero-order valence-electron chi connectivity index (χ0n) is 7.46. The molecular formula is C10H13Se2. The second-order valence-corrected chi connectivity index (χ2v) is 7.80. The van der Waals surface area contributed by atoms with Crippen LogP contribution in [0.4, 0.5) is 0 Å². The van der Waals surface area contributed by atoms with Crippen LogP contribution in [0.2, 0.25) is 10.6 Å². The van der Waals surface area contributed by atoms with Gasteiger partial charge in [-0.05, 0) is 0 Å². The molecule has 0 saturated heterocycles. The molecule has 0 unspecified atom stereocenters. The Morgan fingerprint density at radius 1 is 1.25 bits per heavy atom. The Bertz CT molecular complexity index is 212. The van der Waals surface area contributed by atoms with Gasteiger partial charge in [-0.3, -0.25) is 0 Å². The molecule has 0 saturated carbocycles. The van der Waals surface area contributed by atoms with Gasteiger partial charge in [0, 0.05) is 0 Å². The Balaban J connectivity index is 2.67. The van der Waals surface area contributed by atoms with Gasteiger partial charge in [0.25, 0.3) is 0 Å². The fourth-order valence-electron chi connectivity index (χ4n) is 0.920. The normalized spacial score (nSPS) is 10.2. The van der Waals surface area contributed by atoms with Crippen LogP contribution >= 0.6 is 0 Å². The molecule has 0 aliphatic rings. The topological polar surface area (TPSA) is 0 Å². The summed E-state index contributed by atoms with van der Waals surface area (Å²) in [5.74, 6) is 0. The molecule has 0 atom stereocenters. The van der Waals surface area contributed by atoms with Crippen LogP contribution in [0.25, 0.3) is 0 Å². The Labute approximate surface area is 87.5 Å². The van der Waals surface area contributed by atoms with Gasteiger partial charge in [-0.15, -0.1) is 0 Å². The fourth-order valence-corrected chi connectivity index (χ4v) is 4.18. The third kappa shape index (κ3) is 3.33. The van der Waals surface area contributed by atoms with E-state index in [4.69, 9.17) is 0 Å². The second kappa shape index (κ2) is 5.83. The number of rotatable bonds is 4. The first kappa shape index (κ1) is 10.3. The first-order chi connectivity index (χ1) is 5.86.